The molecule has 0 radical (unpaired) electrons. The van der Waals surface area contributed by atoms with E-state index in [0.29, 0.717) is 0 Å². The minimum Gasteiger partial charge on any atom is -0.367 e. The number of benzene rings is 1. The minimum atomic E-state index is -0.213. The molecule has 2 aromatic heterocycles. The zero-order chi connectivity index (χ0) is 17.8. The summed E-state index contributed by atoms with van der Waals surface area (Å²) < 4.78 is 14.0. The molecular weight excluding hydrogens is 327 g/mol. The summed E-state index contributed by atoms with van der Waals surface area (Å²) in [6.45, 7) is 4.08. The number of aromatic amines is 1. The van der Waals surface area contributed by atoms with Crippen LogP contribution in [0.3, 0.4) is 0 Å². The van der Waals surface area contributed by atoms with Crippen molar-refractivity contribution >= 4 is 22.3 Å². The number of fused-ring (bicyclic) bond motifs is 2. The molecule has 0 fully saturated rings. The first kappa shape index (κ1) is 15.6. The number of halogens is 1. The first-order chi connectivity index (χ1) is 12.6. The number of anilines is 1. The van der Waals surface area contributed by atoms with Gasteiger partial charge in [0.2, 0.25) is 0 Å². The van der Waals surface area contributed by atoms with Crippen LogP contribution in [0.15, 0.2) is 36.5 Å². The summed E-state index contributed by atoms with van der Waals surface area (Å²) in [6, 6.07) is 7.22. The van der Waals surface area contributed by atoms with Crippen LogP contribution in [-0.4, -0.2) is 30.1 Å². The maximum Gasteiger partial charge on any atom is 0.138 e. The van der Waals surface area contributed by atoms with Crippen LogP contribution in [0.4, 0.5) is 10.1 Å². The lowest BCUT2D eigenvalue weighted by Crippen LogP contribution is -2.23. The van der Waals surface area contributed by atoms with Crippen molar-refractivity contribution in [3.63, 3.8) is 0 Å². The highest BCUT2D eigenvalue weighted by atomic mass is 19.1. The van der Waals surface area contributed by atoms with E-state index in [4.69, 9.17) is 0 Å². The van der Waals surface area contributed by atoms with Crippen LogP contribution >= 0.6 is 0 Å². The average Bonchev–Trinajstić information content (AvgIpc) is 3.03. The average molecular weight is 348 g/mol. The summed E-state index contributed by atoms with van der Waals surface area (Å²) in [4.78, 5) is 10.4. The summed E-state index contributed by atoms with van der Waals surface area (Å²) in [5, 5.41) is 4.49. The molecule has 3 aromatic rings. The predicted octanol–water partition coefficient (Wildman–Crippen LogP) is 4.26. The summed E-state index contributed by atoms with van der Waals surface area (Å²) in [5.74, 6) is -0.213. The Hall–Kier alpha value is -2.66. The summed E-state index contributed by atoms with van der Waals surface area (Å²) >= 11 is 0. The molecular formula is C21H21FN4. The molecule has 26 heavy (non-hydrogen) atoms. The Labute approximate surface area is 151 Å². The highest BCUT2D eigenvalue weighted by molar-refractivity contribution is 6.03. The largest absolute Gasteiger partial charge is 0.367 e. The molecule has 4 heterocycles. The SMILES string of the molecule is CC1c2c(C3=CCNCC3)[nH]c3nccc(c23)-c2cc(F)ccc2N1C. The molecule has 2 N–H and O–H groups in total. The van der Waals surface area contributed by atoms with Gasteiger partial charge in [-0.25, -0.2) is 9.37 Å². The fourth-order valence-corrected chi connectivity index (χ4v) is 4.32. The van der Waals surface area contributed by atoms with Gasteiger partial charge in [0.1, 0.15) is 11.5 Å². The van der Waals surface area contributed by atoms with Gasteiger partial charge in [0.05, 0.1) is 6.04 Å². The van der Waals surface area contributed by atoms with E-state index in [0.717, 1.165) is 47.4 Å². The zero-order valence-corrected chi connectivity index (χ0v) is 14.9. The monoisotopic (exact) mass is 348 g/mol. The molecule has 5 rings (SSSR count). The third-order valence-corrected chi connectivity index (χ3v) is 5.75. The second-order valence-corrected chi connectivity index (χ2v) is 7.13. The summed E-state index contributed by atoms with van der Waals surface area (Å²) in [6.07, 6.45) is 5.06. The molecule has 1 unspecified atom stereocenters. The van der Waals surface area contributed by atoms with E-state index in [9.17, 15) is 4.39 Å². The van der Waals surface area contributed by atoms with Crippen molar-refractivity contribution in [3.8, 4) is 11.1 Å². The van der Waals surface area contributed by atoms with Crippen molar-refractivity contribution in [2.75, 3.05) is 25.0 Å². The van der Waals surface area contributed by atoms with E-state index in [1.807, 2.05) is 18.3 Å². The Morgan fingerprint density at radius 1 is 1.23 bits per heavy atom. The second kappa shape index (κ2) is 5.68. The summed E-state index contributed by atoms with van der Waals surface area (Å²) in [7, 11) is 2.08. The van der Waals surface area contributed by atoms with Crippen LogP contribution in [0.5, 0.6) is 0 Å². The zero-order valence-electron chi connectivity index (χ0n) is 14.9. The van der Waals surface area contributed by atoms with E-state index in [1.54, 1.807) is 12.1 Å². The van der Waals surface area contributed by atoms with Gasteiger partial charge in [-0.05, 0) is 55.3 Å². The number of rotatable bonds is 1. The first-order valence-electron chi connectivity index (χ1n) is 9.08. The van der Waals surface area contributed by atoms with Gasteiger partial charge in [0.15, 0.2) is 0 Å². The van der Waals surface area contributed by atoms with Gasteiger partial charge < -0.3 is 15.2 Å². The fourth-order valence-electron chi connectivity index (χ4n) is 4.32. The topological polar surface area (TPSA) is 44.0 Å². The van der Waals surface area contributed by atoms with Crippen molar-refractivity contribution in [3.05, 3.63) is 53.6 Å². The molecule has 2 aliphatic rings. The molecule has 0 amide bonds. The molecule has 0 aliphatic carbocycles. The Morgan fingerprint density at radius 2 is 2.12 bits per heavy atom. The maximum absolute atomic E-state index is 14.0. The Kier molecular flexibility index (Phi) is 3.40. The van der Waals surface area contributed by atoms with Crippen molar-refractivity contribution in [1.82, 2.24) is 15.3 Å². The Morgan fingerprint density at radius 3 is 2.92 bits per heavy atom. The van der Waals surface area contributed by atoms with Crippen LogP contribution < -0.4 is 10.2 Å². The highest BCUT2D eigenvalue weighted by Crippen LogP contribution is 2.47. The summed E-state index contributed by atoms with van der Waals surface area (Å²) in [5.41, 5.74) is 7.67. The fraction of sp³-hybridized carbons (Fsp3) is 0.286. The first-order valence-corrected chi connectivity index (χ1v) is 9.08. The predicted molar refractivity (Wildman–Crippen MR) is 104 cm³/mol. The van der Waals surface area contributed by atoms with Gasteiger partial charge in [-0.2, -0.15) is 0 Å². The standard InChI is InChI=1S/C21H21FN4/c1-12-18-19-15(16-11-14(22)3-4-17(16)26(12)2)7-10-24-21(19)25-20(18)13-5-8-23-9-6-13/h3-5,7,10-12,23H,6,8-9H2,1-2H3,(H,24,25). The van der Waals surface area contributed by atoms with Gasteiger partial charge >= 0.3 is 0 Å². The van der Waals surface area contributed by atoms with Gasteiger partial charge in [-0.3, -0.25) is 0 Å². The van der Waals surface area contributed by atoms with Gasteiger partial charge in [0.25, 0.3) is 0 Å². The molecule has 4 nitrogen and oxygen atoms in total. The van der Waals surface area contributed by atoms with E-state index < -0.39 is 0 Å². The third-order valence-electron chi connectivity index (χ3n) is 5.75. The lowest BCUT2D eigenvalue weighted by Gasteiger charge is -2.28. The number of H-pyrrole nitrogens is 1. The molecule has 1 atom stereocenters. The van der Waals surface area contributed by atoms with Crippen molar-refractivity contribution in [1.29, 1.82) is 0 Å². The molecule has 0 spiro atoms. The number of hydrogen-bond acceptors (Lipinski definition) is 3. The van der Waals surface area contributed by atoms with E-state index in [-0.39, 0.29) is 11.9 Å². The molecule has 5 heteroatoms. The quantitative estimate of drug-likeness (QED) is 0.691. The van der Waals surface area contributed by atoms with E-state index >= 15 is 0 Å². The Balaban J connectivity index is 1.87. The van der Waals surface area contributed by atoms with Crippen LogP contribution in [0.2, 0.25) is 0 Å². The molecule has 2 aliphatic heterocycles. The van der Waals surface area contributed by atoms with Crippen LogP contribution in [0.1, 0.15) is 30.6 Å². The van der Waals surface area contributed by atoms with Crippen LogP contribution in [0.25, 0.3) is 27.7 Å². The van der Waals surface area contributed by atoms with Gasteiger partial charge in [-0.1, -0.05) is 6.08 Å². The minimum absolute atomic E-state index is 0.157. The highest BCUT2D eigenvalue weighted by Gasteiger charge is 2.30. The number of nitrogens with zero attached hydrogens (tertiary/aromatic N) is 2. The maximum atomic E-state index is 14.0. The van der Waals surface area contributed by atoms with Crippen molar-refractivity contribution in [2.45, 2.75) is 19.4 Å². The molecule has 0 bridgehead atoms. The van der Waals surface area contributed by atoms with E-state index in [2.05, 4.69) is 40.2 Å². The van der Waals surface area contributed by atoms with Crippen LogP contribution in [0, 0.1) is 5.82 Å². The van der Waals surface area contributed by atoms with Gasteiger partial charge in [-0.15, -0.1) is 0 Å². The number of aromatic nitrogens is 2. The molecule has 0 saturated heterocycles. The number of nitrogens with one attached hydrogen (secondary N) is 2. The lowest BCUT2D eigenvalue weighted by molar-refractivity contribution is 0.627. The second-order valence-electron chi connectivity index (χ2n) is 7.13. The number of pyridine rings is 1. The van der Waals surface area contributed by atoms with Crippen LogP contribution in [-0.2, 0) is 0 Å². The van der Waals surface area contributed by atoms with E-state index in [1.165, 1.54) is 16.8 Å². The molecule has 0 saturated carbocycles. The Bertz CT molecular complexity index is 1050. The third kappa shape index (κ3) is 2.13. The van der Waals surface area contributed by atoms with Crippen molar-refractivity contribution < 1.29 is 4.39 Å². The molecule has 1 aromatic carbocycles. The molecule has 132 valence electrons. The normalized spacial score (nSPS) is 19.3. The number of hydrogen-bond donors (Lipinski definition) is 2. The smallest absolute Gasteiger partial charge is 0.138 e. The van der Waals surface area contributed by atoms with Gasteiger partial charge in [0, 0.05) is 47.7 Å². The lowest BCUT2D eigenvalue weighted by atomic mass is 9.95. The van der Waals surface area contributed by atoms with Crippen molar-refractivity contribution in [2.24, 2.45) is 0 Å².